The van der Waals surface area contributed by atoms with E-state index in [1.807, 2.05) is 0 Å². The second-order valence-corrected chi connectivity index (χ2v) is 7.50. The lowest BCUT2D eigenvalue weighted by Crippen LogP contribution is -2.52. The highest BCUT2D eigenvalue weighted by Crippen LogP contribution is 2.45. The van der Waals surface area contributed by atoms with Gasteiger partial charge in [-0.1, -0.05) is 0 Å². The van der Waals surface area contributed by atoms with Gasteiger partial charge >= 0.3 is 0 Å². The van der Waals surface area contributed by atoms with Crippen LogP contribution in [0.4, 0.5) is 0 Å². The lowest BCUT2D eigenvalue weighted by Gasteiger charge is -2.32. The highest BCUT2D eigenvalue weighted by atomic mass is 32.2. The molecule has 1 aromatic rings. The van der Waals surface area contributed by atoms with Gasteiger partial charge in [0.1, 0.15) is 11.8 Å². The summed E-state index contributed by atoms with van der Waals surface area (Å²) in [6.45, 7) is 0. The van der Waals surface area contributed by atoms with Crippen LogP contribution in [0.1, 0.15) is 19.3 Å². The minimum absolute atomic E-state index is 0.0369. The van der Waals surface area contributed by atoms with E-state index in [-0.39, 0.29) is 16.9 Å². The Morgan fingerprint density at radius 3 is 2.59 bits per heavy atom. The standard InChI is InChI=1S/C14H18N2O5S/c1-21-11-4-6-12(7-5-11)22(19,20)16-10-3-2-9(8-10)13(16)14(17)15-18/h4-7,9-10,13,18H,2-3,8H2,1H3,(H,15,17)/t9-,10+,13-/m1/s1. The molecular formula is C14H18N2O5S. The van der Waals surface area contributed by atoms with Crippen LogP contribution in [-0.4, -0.2) is 43.0 Å². The number of hydrogen-bond donors (Lipinski definition) is 2. The van der Waals surface area contributed by atoms with Gasteiger partial charge in [0, 0.05) is 6.04 Å². The lowest BCUT2D eigenvalue weighted by atomic mass is 10.00. The average Bonchev–Trinajstić information content (AvgIpc) is 3.15. The van der Waals surface area contributed by atoms with Gasteiger partial charge < -0.3 is 4.74 Å². The average molecular weight is 326 g/mol. The molecule has 2 N–H and O–H groups in total. The number of sulfonamides is 1. The summed E-state index contributed by atoms with van der Waals surface area (Å²) >= 11 is 0. The van der Waals surface area contributed by atoms with Crippen molar-refractivity contribution in [3.63, 3.8) is 0 Å². The topological polar surface area (TPSA) is 95.9 Å². The molecule has 3 atom stereocenters. The van der Waals surface area contributed by atoms with E-state index in [0.717, 1.165) is 12.8 Å². The van der Waals surface area contributed by atoms with Gasteiger partial charge in [0.2, 0.25) is 10.0 Å². The first-order chi connectivity index (χ1) is 10.5. The molecule has 1 aromatic carbocycles. The van der Waals surface area contributed by atoms with Crippen molar-refractivity contribution in [3.8, 4) is 5.75 Å². The fraction of sp³-hybridized carbons (Fsp3) is 0.500. The summed E-state index contributed by atoms with van der Waals surface area (Å²) in [4.78, 5) is 12.0. The number of benzene rings is 1. The van der Waals surface area contributed by atoms with Gasteiger partial charge in [0.15, 0.2) is 0 Å². The number of carbonyl (C=O) groups excluding carboxylic acids is 1. The van der Waals surface area contributed by atoms with Gasteiger partial charge in [0.25, 0.3) is 5.91 Å². The quantitative estimate of drug-likeness (QED) is 0.628. The van der Waals surface area contributed by atoms with E-state index in [0.29, 0.717) is 12.2 Å². The Morgan fingerprint density at radius 2 is 2.00 bits per heavy atom. The molecule has 1 aliphatic heterocycles. The number of hydrogen-bond acceptors (Lipinski definition) is 5. The SMILES string of the molecule is COc1ccc(S(=O)(=O)N2[C@H]3CC[C@H](C3)[C@@H]2C(=O)NO)cc1. The number of carbonyl (C=O) groups is 1. The predicted octanol–water partition coefficient (Wildman–Crippen LogP) is 0.742. The van der Waals surface area contributed by atoms with Crippen LogP contribution >= 0.6 is 0 Å². The summed E-state index contributed by atoms with van der Waals surface area (Å²) in [6.07, 6.45) is 2.21. The summed E-state index contributed by atoms with van der Waals surface area (Å²) in [5, 5.41) is 8.91. The maximum Gasteiger partial charge on any atom is 0.262 e. The van der Waals surface area contributed by atoms with Crippen LogP contribution in [0.25, 0.3) is 0 Å². The molecule has 1 heterocycles. The van der Waals surface area contributed by atoms with E-state index >= 15 is 0 Å². The van der Waals surface area contributed by atoms with Crippen LogP contribution in [0.2, 0.25) is 0 Å². The summed E-state index contributed by atoms with van der Waals surface area (Å²) in [5.74, 6) is -0.138. The highest BCUT2D eigenvalue weighted by Gasteiger charge is 2.54. The normalized spacial score (nSPS) is 27.8. The Balaban J connectivity index is 1.97. The van der Waals surface area contributed by atoms with Gasteiger partial charge in [-0.3, -0.25) is 10.0 Å². The molecule has 2 bridgehead atoms. The number of ether oxygens (including phenoxy) is 1. The van der Waals surface area contributed by atoms with E-state index in [2.05, 4.69) is 0 Å². The molecule has 0 aromatic heterocycles. The van der Waals surface area contributed by atoms with Gasteiger partial charge in [0.05, 0.1) is 12.0 Å². The number of piperidine rings is 1. The third-order valence-corrected chi connectivity index (χ3v) is 6.49. The van der Waals surface area contributed by atoms with E-state index in [4.69, 9.17) is 9.94 Å². The number of rotatable bonds is 4. The predicted molar refractivity (Wildman–Crippen MR) is 76.9 cm³/mol. The Kier molecular flexibility index (Phi) is 3.84. The third-order valence-electron chi connectivity index (χ3n) is 4.54. The van der Waals surface area contributed by atoms with Gasteiger partial charge in [-0.2, -0.15) is 4.31 Å². The molecule has 8 heteroatoms. The zero-order chi connectivity index (χ0) is 15.9. The van der Waals surface area contributed by atoms with Crippen molar-refractivity contribution in [2.75, 3.05) is 7.11 Å². The minimum atomic E-state index is -3.79. The summed E-state index contributed by atoms with van der Waals surface area (Å²) in [6, 6.07) is 5.06. The summed E-state index contributed by atoms with van der Waals surface area (Å²) < 4.78 is 32.0. The van der Waals surface area contributed by atoms with E-state index < -0.39 is 22.0 Å². The van der Waals surface area contributed by atoms with Crippen LogP contribution in [0.5, 0.6) is 5.75 Å². The van der Waals surface area contributed by atoms with Crippen molar-refractivity contribution in [1.82, 2.24) is 9.79 Å². The van der Waals surface area contributed by atoms with E-state index in [1.54, 1.807) is 17.6 Å². The number of nitrogens with one attached hydrogen (secondary N) is 1. The smallest absolute Gasteiger partial charge is 0.262 e. The molecule has 120 valence electrons. The first-order valence-corrected chi connectivity index (χ1v) is 8.54. The Hall–Kier alpha value is -1.64. The molecule has 2 aliphatic rings. The fourth-order valence-corrected chi connectivity index (χ4v) is 5.43. The fourth-order valence-electron chi connectivity index (χ4n) is 3.56. The Morgan fingerprint density at radius 1 is 1.32 bits per heavy atom. The third kappa shape index (κ3) is 2.27. The molecule has 1 saturated carbocycles. The van der Waals surface area contributed by atoms with Crippen molar-refractivity contribution >= 4 is 15.9 Å². The second-order valence-electron chi connectivity index (χ2n) is 5.66. The summed E-state index contributed by atoms with van der Waals surface area (Å²) in [7, 11) is -2.29. The summed E-state index contributed by atoms with van der Waals surface area (Å²) in [5.41, 5.74) is 1.60. The van der Waals surface area contributed by atoms with Crippen molar-refractivity contribution in [3.05, 3.63) is 24.3 Å². The molecule has 0 unspecified atom stereocenters. The number of amides is 1. The lowest BCUT2D eigenvalue weighted by molar-refractivity contribution is -0.134. The molecule has 1 amide bonds. The first-order valence-electron chi connectivity index (χ1n) is 7.10. The number of fused-ring (bicyclic) bond motifs is 2. The number of nitrogens with zero attached hydrogens (tertiary/aromatic N) is 1. The molecule has 1 aliphatic carbocycles. The van der Waals surface area contributed by atoms with Crippen LogP contribution in [0.15, 0.2) is 29.2 Å². The van der Waals surface area contributed by atoms with E-state index in [9.17, 15) is 13.2 Å². The monoisotopic (exact) mass is 326 g/mol. The Bertz CT molecular complexity index is 673. The molecule has 7 nitrogen and oxygen atoms in total. The van der Waals surface area contributed by atoms with Crippen LogP contribution < -0.4 is 10.2 Å². The highest BCUT2D eigenvalue weighted by molar-refractivity contribution is 7.89. The molecule has 0 spiro atoms. The van der Waals surface area contributed by atoms with Crippen molar-refractivity contribution in [2.24, 2.45) is 5.92 Å². The maximum absolute atomic E-state index is 12.9. The first kappa shape index (κ1) is 15.3. The number of methoxy groups -OCH3 is 1. The largest absolute Gasteiger partial charge is 0.497 e. The number of hydroxylamine groups is 1. The minimum Gasteiger partial charge on any atom is -0.497 e. The van der Waals surface area contributed by atoms with Gasteiger partial charge in [-0.05, 0) is 49.4 Å². The molecule has 1 saturated heterocycles. The van der Waals surface area contributed by atoms with Crippen LogP contribution in [0, 0.1) is 5.92 Å². The van der Waals surface area contributed by atoms with E-state index in [1.165, 1.54) is 23.5 Å². The van der Waals surface area contributed by atoms with Gasteiger partial charge in [-0.25, -0.2) is 13.9 Å². The maximum atomic E-state index is 12.9. The zero-order valence-electron chi connectivity index (χ0n) is 12.1. The molecule has 0 radical (unpaired) electrons. The van der Waals surface area contributed by atoms with Gasteiger partial charge in [-0.15, -0.1) is 0 Å². The van der Waals surface area contributed by atoms with Crippen molar-refractivity contribution < 1.29 is 23.2 Å². The second kappa shape index (κ2) is 5.53. The molecule has 3 rings (SSSR count). The van der Waals surface area contributed by atoms with Crippen molar-refractivity contribution in [1.29, 1.82) is 0 Å². The molecule has 22 heavy (non-hydrogen) atoms. The van der Waals surface area contributed by atoms with Crippen molar-refractivity contribution in [2.45, 2.75) is 36.2 Å². The van der Waals surface area contributed by atoms with Crippen LogP contribution in [-0.2, 0) is 14.8 Å². The Labute approximate surface area is 128 Å². The molecule has 2 fully saturated rings. The zero-order valence-corrected chi connectivity index (χ0v) is 12.9. The molecular weight excluding hydrogens is 308 g/mol. The van der Waals surface area contributed by atoms with Crippen LogP contribution in [0.3, 0.4) is 0 Å².